The number of likely N-dealkylation sites (tertiary alicyclic amines) is 1. The van der Waals surface area contributed by atoms with Crippen LogP contribution >= 0.6 is 0 Å². The second-order valence-electron chi connectivity index (χ2n) is 7.36. The first-order valence-electron chi connectivity index (χ1n) is 10.7. The van der Waals surface area contributed by atoms with Crippen LogP contribution in [0.15, 0.2) is 42.5 Å². The Morgan fingerprint density at radius 2 is 1.55 bits per heavy atom. The number of ether oxygens (including phenoxy) is 2. The fourth-order valence-electron chi connectivity index (χ4n) is 3.61. The van der Waals surface area contributed by atoms with E-state index in [2.05, 4.69) is 34.5 Å². The van der Waals surface area contributed by atoms with Gasteiger partial charge in [0.1, 0.15) is 0 Å². The highest BCUT2D eigenvalue weighted by molar-refractivity contribution is 5.94. The molecule has 1 saturated heterocycles. The molecule has 1 fully saturated rings. The molecule has 0 aromatic heterocycles. The highest BCUT2D eigenvalue weighted by atomic mass is 16.5. The topological polar surface area (TPSA) is 50.8 Å². The normalized spacial score (nSPS) is 14.4. The van der Waals surface area contributed by atoms with Crippen LogP contribution in [0.3, 0.4) is 0 Å². The van der Waals surface area contributed by atoms with E-state index >= 15 is 0 Å². The standard InChI is InChI=1S/C24H32N2O3/c1-3-28-22-13-12-21(16-23(22)29-4-2)24(27)25-17-19-8-10-20(11-9-19)18-26-14-6-5-7-15-26/h8-13,16H,3-7,14-15,17-18H2,1-2H3,(H,25,27). The Kier molecular flexibility index (Phi) is 7.94. The van der Waals surface area contributed by atoms with Gasteiger partial charge in [-0.1, -0.05) is 30.7 Å². The molecule has 0 radical (unpaired) electrons. The zero-order valence-electron chi connectivity index (χ0n) is 17.6. The summed E-state index contributed by atoms with van der Waals surface area (Å²) in [5.41, 5.74) is 2.99. The summed E-state index contributed by atoms with van der Waals surface area (Å²) in [5, 5.41) is 2.99. The number of rotatable bonds is 9. The lowest BCUT2D eigenvalue weighted by atomic mass is 10.1. The van der Waals surface area contributed by atoms with Crippen LogP contribution in [0.5, 0.6) is 11.5 Å². The summed E-state index contributed by atoms with van der Waals surface area (Å²) in [6, 6.07) is 13.8. The van der Waals surface area contributed by atoms with E-state index in [0.29, 0.717) is 36.8 Å². The average Bonchev–Trinajstić information content (AvgIpc) is 2.75. The predicted octanol–water partition coefficient (Wildman–Crippen LogP) is 4.40. The van der Waals surface area contributed by atoms with Crippen LogP contribution in [0.1, 0.15) is 54.6 Å². The fourth-order valence-corrected chi connectivity index (χ4v) is 3.61. The molecule has 0 saturated carbocycles. The van der Waals surface area contributed by atoms with Gasteiger partial charge in [-0.05, 0) is 69.1 Å². The molecule has 0 atom stereocenters. The monoisotopic (exact) mass is 396 g/mol. The summed E-state index contributed by atoms with van der Waals surface area (Å²) in [4.78, 5) is 15.1. The quantitative estimate of drug-likeness (QED) is 0.683. The number of nitrogens with one attached hydrogen (secondary N) is 1. The summed E-state index contributed by atoms with van der Waals surface area (Å²) < 4.78 is 11.2. The minimum atomic E-state index is -0.119. The van der Waals surface area contributed by atoms with Crippen LogP contribution in [0.25, 0.3) is 0 Å². The van der Waals surface area contributed by atoms with Crippen molar-refractivity contribution in [3.05, 3.63) is 59.2 Å². The Bertz CT molecular complexity index is 783. The molecule has 1 aliphatic rings. The van der Waals surface area contributed by atoms with Crippen molar-refractivity contribution in [3.63, 3.8) is 0 Å². The number of benzene rings is 2. The Labute approximate surface area is 174 Å². The van der Waals surface area contributed by atoms with Gasteiger partial charge in [0.15, 0.2) is 11.5 Å². The molecule has 0 spiro atoms. The summed E-state index contributed by atoms with van der Waals surface area (Å²) >= 11 is 0. The Morgan fingerprint density at radius 1 is 0.897 bits per heavy atom. The molecule has 156 valence electrons. The highest BCUT2D eigenvalue weighted by Crippen LogP contribution is 2.28. The van der Waals surface area contributed by atoms with Gasteiger partial charge in [-0.2, -0.15) is 0 Å². The Hall–Kier alpha value is -2.53. The van der Waals surface area contributed by atoms with E-state index in [1.165, 1.54) is 37.9 Å². The third-order valence-electron chi connectivity index (χ3n) is 5.14. The molecule has 2 aromatic rings. The van der Waals surface area contributed by atoms with Crippen LogP contribution in [0.2, 0.25) is 0 Å². The average molecular weight is 397 g/mol. The highest BCUT2D eigenvalue weighted by Gasteiger charge is 2.12. The SMILES string of the molecule is CCOc1ccc(C(=O)NCc2ccc(CN3CCCCC3)cc2)cc1OCC. The van der Waals surface area contributed by atoms with Gasteiger partial charge in [0.25, 0.3) is 5.91 Å². The van der Waals surface area contributed by atoms with Gasteiger partial charge in [-0.25, -0.2) is 0 Å². The fraction of sp³-hybridized carbons (Fsp3) is 0.458. The molecular formula is C24H32N2O3. The summed E-state index contributed by atoms with van der Waals surface area (Å²) in [7, 11) is 0. The van der Waals surface area contributed by atoms with E-state index in [1.807, 2.05) is 13.8 Å². The summed E-state index contributed by atoms with van der Waals surface area (Å²) in [5.74, 6) is 1.14. The van der Waals surface area contributed by atoms with Crippen molar-refractivity contribution in [3.8, 4) is 11.5 Å². The zero-order chi connectivity index (χ0) is 20.5. The van der Waals surface area contributed by atoms with Crippen molar-refractivity contribution in [2.75, 3.05) is 26.3 Å². The summed E-state index contributed by atoms with van der Waals surface area (Å²) in [6.45, 7) is 8.83. The van der Waals surface area contributed by atoms with Crippen molar-refractivity contribution in [2.45, 2.75) is 46.2 Å². The molecule has 0 aliphatic carbocycles. The molecule has 1 heterocycles. The van der Waals surface area contributed by atoms with E-state index in [-0.39, 0.29) is 5.91 Å². The van der Waals surface area contributed by atoms with Gasteiger partial charge in [0.05, 0.1) is 13.2 Å². The van der Waals surface area contributed by atoms with Crippen LogP contribution in [0.4, 0.5) is 0 Å². The van der Waals surface area contributed by atoms with Gasteiger partial charge < -0.3 is 14.8 Å². The number of hydrogen-bond donors (Lipinski definition) is 1. The Morgan fingerprint density at radius 3 is 2.24 bits per heavy atom. The molecular weight excluding hydrogens is 364 g/mol. The minimum absolute atomic E-state index is 0.119. The van der Waals surface area contributed by atoms with Gasteiger partial charge in [-0.3, -0.25) is 9.69 Å². The summed E-state index contributed by atoms with van der Waals surface area (Å²) in [6.07, 6.45) is 3.97. The lowest BCUT2D eigenvalue weighted by Crippen LogP contribution is -2.29. The molecule has 1 aliphatic heterocycles. The van der Waals surface area contributed by atoms with E-state index in [1.54, 1.807) is 18.2 Å². The number of amides is 1. The van der Waals surface area contributed by atoms with Gasteiger partial charge in [0.2, 0.25) is 0 Å². The van der Waals surface area contributed by atoms with Crippen molar-refractivity contribution in [1.29, 1.82) is 0 Å². The van der Waals surface area contributed by atoms with Crippen LogP contribution in [0, 0.1) is 0 Å². The number of nitrogens with zero attached hydrogens (tertiary/aromatic N) is 1. The third-order valence-corrected chi connectivity index (χ3v) is 5.14. The first-order chi connectivity index (χ1) is 14.2. The molecule has 5 heteroatoms. The smallest absolute Gasteiger partial charge is 0.251 e. The maximum Gasteiger partial charge on any atom is 0.251 e. The molecule has 5 nitrogen and oxygen atoms in total. The van der Waals surface area contributed by atoms with Crippen LogP contribution < -0.4 is 14.8 Å². The van der Waals surface area contributed by atoms with Crippen LogP contribution in [-0.4, -0.2) is 37.1 Å². The van der Waals surface area contributed by atoms with Crippen molar-refractivity contribution in [2.24, 2.45) is 0 Å². The lowest BCUT2D eigenvalue weighted by Gasteiger charge is -2.26. The number of carbonyl (C=O) groups excluding carboxylic acids is 1. The van der Waals surface area contributed by atoms with E-state index in [9.17, 15) is 4.79 Å². The third kappa shape index (κ3) is 6.23. The first kappa shape index (κ1) is 21.2. The number of carbonyl (C=O) groups is 1. The van der Waals surface area contributed by atoms with Gasteiger partial charge >= 0.3 is 0 Å². The Balaban J connectivity index is 1.55. The maximum absolute atomic E-state index is 12.6. The predicted molar refractivity (Wildman–Crippen MR) is 116 cm³/mol. The molecule has 2 aromatic carbocycles. The second kappa shape index (κ2) is 10.9. The molecule has 0 bridgehead atoms. The van der Waals surface area contributed by atoms with Crippen molar-refractivity contribution in [1.82, 2.24) is 10.2 Å². The van der Waals surface area contributed by atoms with E-state index < -0.39 is 0 Å². The maximum atomic E-state index is 12.6. The molecule has 1 amide bonds. The molecule has 1 N–H and O–H groups in total. The van der Waals surface area contributed by atoms with E-state index in [4.69, 9.17) is 9.47 Å². The first-order valence-corrected chi connectivity index (χ1v) is 10.7. The van der Waals surface area contributed by atoms with E-state index in [0.717, 1.165) is 12.1 Å². The number of hydrogen-bond acceptors (Lipinski definition) is 4. The molecule has 29 heavy (non-hydrogen) atoms. The minimum Gasteiger partial charge on any atom is -0.490 e. The largest absolute Gasteiger partial charge is 0.490 e. The number of piperidine rings is 1. The van der Waals surface area contributed by atoms with Crippen molar-refractivity contribution >= 4 is 5.91 Å². The lowest BCUT2D eigenvalue weighted by molar-refractivity contribution is 0.0950. The molecule has 0 unspecified atom stereocenters. The van der Waals surface area contributed by atoms with Crippen LogP contribution in [-0.2, 0) is 13.1 Å². The van der Waals surface area contributed by atoms with Gasteiger partial charge in [-0.15, -0.1) is 0 Å². The zero-order valence-corrected chi connectivity index (χ0v) is 17.6. The second-order valence-corrected chi connectivity index (χ2v) is 7.36. The molecule has 3 rings (SSSR count). The van der Waals surface area contributed by atoms with Crippen molar-refractivity contribution < 1.29 is 14.3 Å². The van der Waals surface area contributed by atoms with Gasteiger partial charge in [0, 0.05) is 18.7 Å².